The van der Waals surface area contributed by atoms with Crippen molar-refractivity contribution in [2.24, 2.45) is 13.0 Å². The van der Waals surface area contributed by atoms with E-state index in [1.807, 2.05) is 49.4 Å². The molecule has 3 aromatic rings. The molecule has 1 amide bonds. The second kappa shape index (κ2) is 10.5. The zero-order chi connectivity index (χ0) is 24.2. The molecule has 2 aromatic carbocycles. The van der Waals surface area contributed by atoms with Crippen molar-refractivity contribution in [3.63, 3.8) is 0 Å². The number of fused-ring (bicyclic) bond motifs is 3. The maximum absolute atomic E-state index is 13.2. The van der Waals surface area contributed by atoms with Crippen LogP contribution < -0.4 is 0 Å². The van der Waals surface area contributed by atoms with Crippen molar-refractivity contribution < 1.29 is 14.3 Å². The first-order chi connectivity index (χ1) is 16.5. The van der Waals surface area contributed by atoms with Crippen LogP contribution >= 0.6 is 11.6 Å². The van der Waals surface area contributed by atoms with Crippen molar-refractivity contribution in [3.05, 3.63) is 83.1 Å². The Balaban J connectivity index is 1.72. The van der Waals surface area contributed by atoms with Gasteiger partial charge in [0.2, 0.25) is 5.91 Å². The fourth-order valence-electron chi connectivity index (χ4n) is 5.36. The molecule has 0 aliphatic heterocycles. The number of alkyl halides is 1. The molecule has 1 heterocycles. The number of hydrogen-bond donors (Lipinski definition) is 0. The number of aromatic nitrogens is 1. The lowest BCUT2D eigenvalue weighted by Gasteiger charge is -2.35. The van der Waals surface area contributed by atoms with Crippen molar-refractivity contribution in [2.75, 3.05) is 19.5 Å². The minimum Gasteiger partial charge on any atom is -0.469 e. The summed E-state index contributed by atoms with van der Waals surface area (Å²) in [5.74, 6) is -0.920. The summed E-state index contributed by atoms with van der Waals surface area (Å²) in [5, 5.41) is 1.09. The van der Waals surface area contributed by atoms with Crippen LogP contribution in [0.1, 0.15) is 36.1 Å². The van der Waals surface area contributed by atoms with Gasteiger partial charge in [-0.15, -0.1) is 11.6 Å². The predicted octanol–water partition coefficient (Wildman–Crippen LogP) is 5.21. The molecule has 2 atom stereocenters. The van der Waals surface area contributed by atoms with Crippen LogP contribution in [0.4, 0.5) is 0 Å². The Morgan fingerprint density at radius 3 is 2.53 bits per heavy atom. The van der Waals surface area contributed by atoms with Crippen LogP contribution in [0, 0.1) is 5.92 Å². The van der Waals surface area contributed by atoms with E-state index in [-0.39, 0.29) is 23.7 Å². The Hall–Kier alpha value is -3.05. The van der Waals surface area contributed by atoms with E-state index in [9.17, 15) is 9.59 Å². The van der Waals surface area contributed by atoms with E-state index in [1.165, 1.54) is 12.8 Å². The lowest BCUT2D eigenvalue weighted by atomic mass is 9.72. The Labute approximate surface area is 206 Å². The molecule has 0 N–H and O–H groups in total. The molecule has 6 heteroatoms. The molecule has 0 saturated heterocycles. The molecule has 0 spiro atoms. The number of methoxy groups -OCH3 is 1. The molecule has 5 nitrogen and oxygen atoms in total. The third kappa shape index (κ3) is 4.49. The number of carbonyl (C=O) groups is 2. The van der Waals surface area contributed by atoms with E-state index in [0.717, 1.165) is 40.4 Å². The zero-order valence-electron chi connectivity index (χ0n) is 20.0. The van der Waals surface area contributed by atoms with Gasteiger partial charge < -0.3 is 14.2 Å². The van der Waals surface area contributed by atoms with E-state index in [1.54, 1.807) is 4.90 Å². The average molecular weight is 479 g/mol. The number of aryl methyl sites for hydroxylation is 1. The highest BCUT2D eigenvalue weighted by Crippen LogP contribution is 2.45. The number of halogens is 1. The van der Waals surface area contributed by atoms with Crippen molar-refractivity contribution >= 4 is 34.4 Å². The SMILES string of the molecule is C/C=C(/CN(Cc1ccccc1)C(=O)CCl)[C@@H]1CCc2c(c3ccccc3n2C)[C@H]1C(=O)OC. The third-order valence-electron chi connectivity index (χ3n) is 7.04. The lowest BCUT2D eigenvalue weighted by Crippen LogP contribution is -2.37. The van der Waals surface area contributed by atoms with Gasteiger partial charge in [0.15, 0.2) is 0 Å². The number of amides is 1. The number of carbonyl (C=O) groups excluding carboxylic acids is 2. The fourth-order valence-corrected chi connectivity index (χ4v) is 5.53. The second-order valence-corrected chi connectivity index (χ2v) is 9.08. The topological polar surface area (TPSA) is 51.5 Å². The fraction of sp³-hybridized carbons (Fsp3) is 0.357. The Kier molecular flexibility index (Phi) is 7.42. The second-order valence-electron chi connectivity index (χ2n) is 8.82. The summed E-state index contributed by atoms with van der Waals surface area (Å²) in [6, 6.07) is 18.1. The Bertz CT molecular complexity index is 1220. The number of nitrogens with zero attached hydrogens (tertiary/aromatic N) is 2. The minimum atomic E-state index is -0.421. The third-order valence-corrected chi connectivity index (χ3v) is 7.26. The van der Waals surface area contributed by atoms with Gasteiger partial charge >= 0.3 is 5.97 Å². The van der Waals surface area contributed by atoms with Crippen LogP contribution in [0.25, 0.3) is 10.9 Å². The monoisotopic (exact) mass is 478 g/mol. The van der Waals surface area contributed by atoms with Gasteiger partial charge in [0.05, 0.1) is 13.0 Å². The van der Waals surface area contributed by atoms with Gasteiger partial charge in [-0.2, -0.15) is 0 Å². The molecule has 34 heavy (non-hydrogen) atoms. The van der Waals surface area contributed by atoms with Crippen LogP contribution in [-0.4, -0.2) is 40.9 Å². The van der Waals surface area contributed by atoms with Crippen LogP contribution in [0.2, 0.25) is 0 Å². The molecule has 178 valence electrons. The Morgan fingerprint density at radius 1 is 1.15 bits per heavy atom. The molecule has 0 fully saturated rings. The van der Waals surface area contributed by atoms with Crippen molar-refractivity contribution in [2.45, 2.75) is 32.2 Å². The molecule has 0 unspecified atom stereocenters. The minimum absolute atomic E-state index is 0.0582. The van der Waals surface area contributed by atoms with E-state index >= 15 is 0 Å². The van der Waals surface area contributed by atoms with Crippen molar-refractivity contribution in [1.82, 2.24) is 9.47 Å². The molecular formula is C28H31ClN2O3. The molecule has 0 radical (unpaired) electrons. The molecule has 0 bridgehead atoms. The number of allylic oxidation sites excluding steroid dienone is 1. The first-order valence-corrected chi connectivity index (χ1v) is 12.2. The first kappa shape index (κ1) is 24.1. The summed E-state index contributed by atoms with van der Waals surface area (Å²) in [6.07, 6.45) is 3.72. The lowest BCUT2D eigenvalue weighted by molar-refractivity contribution is -0.143. The summed E-state index contributed by atoms with van der Waals surface area (Å²) >= 11 is 5.97. The maximum atomic E-state index is 13.2. The number of rotatable bonds is 7. The normalized spacial score (nSPS) is 17.9. The quantitative estimate of drug-likeness (QED) is 0.266. The average Bonchev–Trinajstić information content (AvgIpc) is 3.17. The molecular weight excluding hydrogens is 448 g/mol. The van der Waals surface area contributed by atoms with Gasteiger partial charge in [0.1, 0.15) is 5.88 Å². The predicted molar refractivity (Wildman–Crippen MR) is 136 cm³/mol. The molecule has 1 aromatic heterocycles. The first-order valence-electron chi connectivity index (χ1n) is 11.7. The highest BCUT2D eigenvalue weighted by Gasteiger charge is 2.40. The van der Waals surface area contributed by atoms with Crippen LogP contribution in [0.15, 0.2) is 66.2 Å². The van der Waals surface area contributed by atoms with Gasteiger partial charge in [-0.3, -0.25) is 9.59 Å². The number of hydrogen-bond acceptors (Lipinski definition) is 3. The Morgan fingerprint density at radius 2 is 1.85 bits per heavy atom. The van der Waals surface area contributed by atoms with Gasteiger partial charge in [0.25, 0.3) is 0 Å². The number of esters is 1. The van der Waals surface area contributed by atoms with Gasteiger partial charge in [-0.05, 0) is 42.9 Å². The highest BCUT2D eigenvalue weighted by molar-refractivity contribution is 6.27. The van der Waals surface area contributed by atoms with Crippen molar-refractivity contribution in [1.29, 1.82) is 0 Å². The number of benzene rings is 2. The van der Waals surface area contributed by atoms with Crippen LogP contribution in [-0.2, 0) is 34.3 Å². The summed E-state index contributed by atoms with van der Waals surface area (Å²) in [7, 11) is 3.51. The number of para-hydroxylation sites is 1. The molecule has 4 rings (SSSR count). The van der Waals surface area contributed by atoms with Crippen LogP contribution in [0.5, 0.6) is 0 Å². The van der Waals surface area contributed by atoms with E-state index in [0.29, 0.717) is 13.1 Å². The van der Waals surface area contributed by atoms with Crippen molar-refractivity contribution in [3.8, 4) is 0 Å². The highest BCUT2D eigenvalue weighted by atomic mass is 35.5. The summed E-state index contributed by atoms with van der Waals surface area (Å²) < 4.78 is 7.52. The smallest absolute Gasteiger partial charge is 0.313 e. The maximum Gasteiger partial charge on any atom is 0.313 e. The van der Waals surface area contributed by atoms with E-state index < -0.39 is 5.92 Å². The van der Waals surface area contributed by atoms with Gasteiger partial charge in [-0.25, -0.2) is 0 Å². The van der Waals surface area contributed by atoms with Crippen LogP contribution in [0.3, 0.4) is 0 Å². The molecule has 1 aliphatic carbocycles. The van der Waals surface area contributed by atoms with E-state index in [4.69, 9.17) is 16.3 Å². The standard InChI is InChI=1S/C28H31ClN2O3/c1-4-20(18-31(25(32)16-29)17-19-10-6-5-7-11-19)21-14-15-24-26(27(21)28(33)34-3)22-12-8-9-13-23(22)30(24)2/h4-13,21,27H,14-18H2,1-3H3/b20-4-/t21-,27-/m0/s1. The largest absolute Gasteiger partial charge is 0.469 e. The molecule has 0 saturated carbocycles. The van der Waals surface area contributed by atoms with Gasteiger partial charge in [0, 0.05) is 36.7 Å². The summed E-state index contributed by atoms with van der Waals surface area (Å²) in [4.78, 5) is 27.8. The summed E-state index contributed by atoms with van der Waals surface area (Å²) in [6.45, 7) is 2.88. The molecule has 1 aliphatic rings. The zero-order valence-corrected chi connectivity index (χ0v) is 20.7. The van der Waals surface area contributed by atoms with Gasteiger partial charge in [-0.1, -0.05) is 60.2 Å². The summed E-state index contributed by atoms with van der Waals surface area (Å²) in [5.41, 5.74) is 5.46. The van der Waals surface area contributed by atoms with E-state index in [2.05, 4.69) is 29.8 Å². The number of ether oxygens (including phenoxy) is 1.